The van der Waals surface area contributed by atoms with Crippen LogP contribution in [0.15, 0.2) is 40.4 Å². The Bertz CT molecular complexity index is 1020. The molecule has 0 radical (unpaired) electrons. The molecule has 1 saturated carbocycles. The molecular weight excluding hydrogens is 446 g/mol. The van der Waals surface area contributed by atoms with E-state index >= 15 is 0 Å². The van der Waals surface area contributed by atoms with Crippen molar-refractivity contribution in [3.8, 4) is 0 Å². The van der Waals surface area contributed by atoms with Crippen molar-refractivity contribution < 1.29 is 13.2 Å². The molecule has 1 amide bonds. The zero-order valence-electron chi connectivity index (χ0n) is 18.4. The smallest absolute Gasteiger partial charge is 0.243 e. The maximum Gasteiger partial charge on any atom is 0.243 e. The molecule has 2 aromatic rings. The van der Waals surface area contributed by atoms with Gasteiger partial charge in [-0.15, -0.1) is 10.2 Å². The van der Waals surface area contributed by atoms with Crippen molar-refractivity contribution in [2.24, 2.45) is 7.05 Å². The van der Waals surface area contributed by atoms with Crippen LogP contribution < -0.4 is 5.32 Å². The Morgan fingerprint density at radius 1 is 1.09 bits per heavy atom. The van der Waals surface area contributed by atoms with Gasteiger partial charge in [-0.2, -0.15) is 4.31 Å². The summed E-state index contributed by atoms with van der Waals surface area (Å²) in [6, 6.07) is 8.86. The molecule has 1 aromatic carbocycles. The Morgan fingerprint density at radius 2 is 1.84 bits per heavy atom. The summed E-state index contributed by atoms with van der Waals surface area (Å²) < 4.78 is 29.5. The predicted molar refractivity (Wildman–Crippen MR) is 124 cm³/mol. The van der Waals surface area contributed by atoms with E-state index in [1.807, 2.05) is 17.7 Å². The molecule has 2 heterocycles. The summed E-state index contributed by atoms with van der Waals surface area (Å²) >= 11 is 1.38. The standard InChI is InChI=1S/C22H31N5O3S2/c1-26-21(24-25-22(26)31-16-20(28)23-18-10-4-2-5-11-18)17-9-8-14-27(15-17)32(29,30)19-12-6-3-7-13-19/h3,6-7,12-13,17-18H,2,4-5,8-11,14-16H2,1H3,(H,23,28)/t17-/m1/s1. The number of hydrogen-bond acceptors (Lipinski definition) is 6. The van der Waals surface area contributed by atoms with Crippen molar-refractivity contribution in [2.75, 3.05) is 18.8 Å². The topological polar surface area (TPSA) is 97.2 Å². The fourth-order valence-electron chi connectivity index (χ4n) is 4.57. The molecule has 1 aliphatic carbocycles. The van der Waals surface area contributed by atoms with Crippen LogP contribution in [-0.2, 0) is 21.9 Å². The molecule has 8 nitrogen and oxygen atoms in total. The van der Waals surface area contributed by atoms with E-state index in [1.165, 1.54) is 31.0 Å². The Balaban J connectivity index is 1.37. The van der Waals surface area contributed by atoms with Gasteiger partial charge in [0.05, 0.1) is 10.6 Å². The number of nitrogens with zero attached hydrogens (tertiary/aromatic N) is 4. The number of piperidine rings is 1. The lowest BCUT2D eigenvalue weighted by Gasteiger charge is -2.31. The quantitative estimate of drug-likeness (QED) is 0.616. The molecule has 1 aromatic heterocycles. The van der Waals surface area contributed by atoms with Crippen LogP contribution in [-0.4, -0.2) is 58.3 Å². The van der Waals surface area contributed by atoms with E-state index in [0.29, 0.717) is 34.9 Å². The van der Waals surface area contributed by atoms with Crippen LogP contribution in [0, 0.1) is 0 Å². The van der Waals surface area contributed by atoms with Crippen LogP contribution in [0.4, 0.5) is 0 Å². The first-order chi connectivity index (χ1) is 15.4. The summed E-state index contributed by atoms with van der Waals surface area (Å²) in [6.45, 7) is 0.893. The summed E-state index contributed by atoms with van der Waals surface area (Å²) in [5.74, 6) is 1.09. The highest BCUT2D eigenvalue weighted by Gasteiger charge is 2.33. The minimum Gasteiger partial charge on any atom is -0.353 e. The Hall–Kier alpha value is -1.91. The third kappa shape index (κ3) is 5.35. The van der Waals surface area contributed by atoms with Crippen molar-refractivity contribution >= 4 is 27.7 Å². The van der Waals surface area contributed by atoms with Gasteiger partial charge in [-0.1, -0.05) is 49.2 Å². The number of aromatic nitrogens is 3. The summed E-state index contributed by atoms with van der Waals surface area (Å²) in [5.41, 5.74) is 0. The number of thioether (sulfide) groups is 1. The molecule has 2 aliphatic rings. The highest BCUT2D eigenvalue weighted by molar-refractivity contribution is 7.99. The van der Waals surface area contributed by atoms with E-state index < -0.39 is 10.0 Å². The molecule has 1 N–H and O–H groups in total. The van der Waals surface area contributed by atoms with Crippen LogP contribution in [0.5, 0.6) is 0 Å². The summed E-state index contributed by atoms with van der Waals surface area (Å²) in [6.07, 6.45) is 7.39. The molecule has 174 valence electrons. The largest absolute Gasteiger partial charge is 0.353 e. The summed E-state index contributed by atoms with van der Waals surface area (Å²) in [7, 11) is -1.64. The highest BCUT2D eigenvalue weighted by Crippen LogP contribution is 2.30. The first-order valence-electron chi connectivity index (χ1n) is 11.3. The molecule has 1 aliphatic heterocycles. The third-order valence-corrected chi connectivity index (χ3v) is 9.20. The van der Waals surface area contributed by atoms with E-state index in [4.69, 9.17) is 0 Å². The van der Waals surface area contributed by atoms with Crippen molar-refractivity contribution in [3.63, 3.8) is 0 Å². The molecule has 4 rings (SSSR count). The average molecular weight is 478 g/mol. The van der Waals surface area contributed by atoms with Gasteiger partial charge >= 0.3 is 0 Å². The molecular formula is C22H31N5O3S2. The van der Waals surface area contributed by atoms with Gasteiger partial charge < -0.3 is 9.88 Å². The van der Waals surface area contributed by atoms with Gasteiger partial charge in [0.25, 0.3) is 0 Å². The number of nitrogens with one attached hydrogen (secondary N) is 1. The average Bonchev–Trinajstić information content (AvgIpc) is 3.19. The van der Waals surface area contributed by atoms with E-state index in [0.717, 1.165) is 31.5 Å². The Kier molecular flexibility index (Phi) is 7.52. The highest BCUT2D eigenvalue weighted by atomic mass is 32.2. The lowest BCUT2D eigenvalue weighted by atomic mass is 9.95. The SMILES string of the molecule is Cn1c(SCC(=O)NC2CCCCC2)nnc1[C@@H]1CCCN(S(=O)(=O)c2ccccc2)C1. The van der Waals surface area contributed by atoms with Gasteiger partial charge in [-0.3, -0.25) is 4.79 Å². The van der Waals surface area contributed by atoms with E-state index in [-0.39, 0.29) is 11.8 Å². The number of rotatable bonds is 7. The minimum absolute atomic E-state index is 0.0230. The first-order valence-corrected chi connectivity index (χ1v) is 13.7. The Morgan fingerprint density at radius 3 is 2.59 bits per heavy atom. The van der Waals surface area contributed by atoms with Crippen LogP contribution in [0.2, 0.25) is 0 Å². The molecule has 2 fully saturated rings. The molecule has 0 unspecified atom stereocenters. The number of sulfonamides is 1. The number of benzene rings is 1. The predicted octanol–water partition coefficient (Wildman–Crippen LogP) is 2.92. The van der Waals surface area contributed by atoms with E-state index in [9.17, 15) is 13.2 Å². The zero-order chi connectivity index (χ0) is 22.6. The fourth-order valence-corrected chi connectivity index (χ4v) is 6.84. The Labute approximate surface area is 194 Å². The number of carbonyl (C=O) groups excluding carboxylic acids is 1. The summed E-state index contributed by atoms with van der Waals surface area (Å²) in [5, 5.41) is 12.5. The normalized spacial score (nSPS) is 20.8. The molecule has 10 heteroatoms. The van der Waals surface area contributed by atoms with Crippen molar-refractivity contribution in [1.29, 1.82) is 0 Å². The van der Waals surface area contributed by atoms with Gasteiger partial charge in [0, 0.05) is 32.1 Å². The second-order valence-electron chi connectivity index (χ2n) is 8.61. The number of hydrogen-bond donors (Lipinski definition) is 1. The zero-order valence-corrected chi connectivity index (χ0v) is 20.1. The molecule has 1 atom stereocenters. The second kappa shape index (κ2) is 10.4. The van der Waals surface area contributed by atoms with Crippen molar-refractivity contribution in [2.45, 2.75) is 67.0 Å². The first kappa shape index (κ1) is 23.3. The number of amides is 1. The lowest BCUT2D eigenvalue weighted by molar-refractivity contribution is -0.119. The van der Waals surface area contributed by atoms with Gasteiger partial charge in [-0.25, -0.2) is 8.42 Å². The number of carbonyl (C=O) groups is 1. The minimum atomic E-state index is -3.53. The van der Waals surface area contributed by atoms with Crippen LogP contribution in [0.1, 0.15) is 56.7 Å². The molecule has 0 spiro atoms. The molecule has 1 saturated heterocycles. The van der Waals surface area contributed by atoms with Crippen LogP contribution in [0.3, 0.4) is 0 Å². The van der Waals surface area contributed by atoms with E-state index in [2.05, 4.69) is 15.5 Å². The summed E-state index contributed by atoms with van der Waals surface area (Å²) in [4.78, 5) is 12.6. The maximum atomic E-state index is 13.0. The van der Waals surface area contributed by atoms with Crippen molar-refractivity contribution in [3.05, 3.63) is 36.2 Å². The van der Waals surface area contributed by atoms with Gasteiger partial charge in [-0.05, 0) is 37.8 Å². The molecule has 0 bridgehead atoms. The van der Waals surface area contributed by atoms with Gasteiger partial charge in [0.2, 0.25) is 15.9 Å². The van der Waals surface area contributed by atoms with Gasteiger partial charge in [0.15, 0.2) is 5.16 Å². The van der Waals surface area contributed by atoms with Crippen molar-refractivity contribution in [1.82, 2.24) is 24.4 Å². The second-order valence-corrected chi connectivity index (χ2v) is 11.5. The van der Waals surface area contributed by atoms with Gasteiger partial charge in [0.1, 0.15) is 5.82 Å². The van der Waals surface area contributed by atoms with Crippen LogP contribution in [0.25, 0.3) is 0 Å². The lowest BCUT2D eigenvalue weighted by Crippen LogP contribution is -2.39. The maximum absolute atomic E-state index is 13.0. The van der Waals surface area contributed by atoms with E-state index in [1.54, 1.807) is 28.6 Å². The third-order valence-electron chi connectivity index (χ3n) is 6.30. The monoisotopic (exact) mass is 477 g/mol. The van der Waals surface area contributed by atoms with Crippen LogP contribution >= 0.6 is 11.8 Å². The molecule has 32 heavy (non-hydrogen) atoms. The fraction of sp³-hybridized carbons (Fsp3) is 0.591.